The maximum Gasteiger partial charge on any atom is 0.291 e. The molecule has 2 aromatic rings. The number of carbonyl (C=O) groups is 1. The lowest BCUT2D eigenvalue weighted by Crippen LogP contribution is -2.13. The maximum atomic E-state index is 11.7. The summed E-state index contributed by atoms with van der Waals surface area (Å²) in [6, 6.07) is 8.64. The van der Waals surface area contributed by atoms with Gasteiger partial charge in [0.15, 0.2) is 5.76 Å². The molecule has 1 aromatic carbocycles. The lowest BCUT2D eigenvalue weighted by Gasteiger charge is -2.16. The number of rotatable bonds is 3. The van der Waals surface area contributed by atoms with Gasteiger partial charge in [-0.2, -0.15) is 0 Å². The van der Waals surface area contributed by atoms with E-state index in [-0.39, 0.29) is 11.7 Å². The Morgan fingerprint density at radius 2 is 2.11 bits per heavy atom. The fourth-order valence-corrected chi connectivity index (χ4v) is 1.64. The lowest BCUT2D eigenvalue weighted by molar-refractivity contribution is 0.0996. The number of carbonyl (C=O) groups excluding carboxylic acids is 1. The Morgan fingerprint density at radius 3 is 2.67 bits per heavy atom. The zero-order valence-corrected chi connectivity index (χ0v) is 10.3. The molecule has 0 aliphatic carbocycles. The van der Waals surface area contributed by atoms with Crippen molar-refractivity contribution in [2.24, 2.45) is 0 Å². The Labute approximate surface area is 105 Å². The van der Waals surface area contributed by atoms with Gasteiger partial charge in [0.05, 0.1) is 17.6 Å². The highest BCUT2D eigenvalue weighted by Crippen LogP contribution is 2.25. The van der Waals surface area contributed by atoms with Crippen molar-refractivity contribution in [1.29, 1.82) is 0 Å². The molecule has 2 rings (SSSR count). The predicted octanol–water partition coefficient (Wildman–Crippen LogP) is 2.18. The van der Waals surface area contributed by atoms with Gasteiger partial charge in [0.1, 0.15) is 0 Å². The normalized spacial score (nSPS) is 10.1. The summed E-state index contributed by atoms with van der Waals surface area (Å²) in [4.78, 5) is 13.7. The van der Waals surface area contributed by atoms with E-state index in [0.29, 0.717) is 11.4 Å². The first-order chi connectivity index (χ1) is 8.58. The van der Waals surface area contributed by atoms with E-state index in [2.05, 4.69) is 5.32 Å². The summed E-state index contributed by atoms with van der Waals surface area (Å²) >= 11 is 0. The van der Waals surface area contributed by atoms with Crippen LogP contribution < -0.4 is 16.0 Å². The number of nitrogen functional groups attached to an aromatic ring is 1. The Kier molecular flexibility index (Phi) is 3.23. The van der Waals surface area contributed by atoms with Crippen molar-refractivity contribution in [2.45, 2.75) is 0 Å². The molecule has 0 saturated heterocycles. The summed E-state index contributed by atoms with van der Waals surface area (Å²) in [5.74, 6) is -0.0257. The molecular formula is C13H15N3O2. The van der Waals surface area contributed by atoms with Gasteiger partial charge in [-0.25, -0.2) is 0 Å². The first kappa shape index (κ1) is 12.0. The van der Waals surface area contributed by atoms with Crippen molar-refractivity contribution in [3.8, 4) is 0 Å². The van der Waals surface area contributed by atoms with Crippen molar-refractivity contribution < 1.29 is 9.21 Å². The van der Waals surface area contributed by atoms with Gasteiger partial charge in [-0.15, -0.1) is 0 Å². The SMILES string of the molecule is CN(C)c1ccc(NC(=O)c2ccco2)cc1N. The van der Waals surface area contributed by atoms with Gasteiger partial charge >= 0.3 is 0 Å². The molecule has 0 bridgehead atoms. The zero-order valence-electron chi connectivity index (χ0n) is 10.3. The molecule has 0 aliphatic heterocycles. The third kappa shape index (κ3) is 2.45. The lowest BCUT2D eigenvalue weighted by atomic mass is 10.2. The van der Waals surface area contributed by atoms with Crippen LogP contribution in [-0.2, 0) is 0 Å². The van der Waals surface area contributed by atoms with E-state index in [1.165, 1.54) is 6.26 Å². The number of hydrogen-bond donors (Lipinski definition) is 2. The van der Waals surface area contributed by atoms with E-state index in [1.54, 1.807) is 24.3 Å². The van der Waals surface area contributed by atoms with E-state index in [1.807, 2.05) is 25.1 Å². The highest BCUT2D eigenvalue weighted by molar-refractivity contribution is 6.02. The first-order valence-corrected chi connectivity index (χ1v) is 5.49. The highest BCUT2D eigenvalue weighted by Gasteiger charge is 2.09. The third-order valence-corrected chi connectivity index (χ3v) is 2.51. The molecule has 18 heavy (non-hydrogen) atoms. The van der Waals surface area contributed by atoms with Gasteiger partial charge < -0.3 is 20.4 Å². The molecule has 5 heteroatoms. The molecule has 0 spiro atoms. The number of hydrogen-bond acceptors (Lipinski definition) is 4. The number of anilines is 3. The van der Waals surface area contributed by atoms with Gasteiger partial charge in [0, 0.05) is 19.8 Å². The number of benzene rings is 1. The number of nitrogens with zero attached hydrogens (tertiary/aromatic N) is 1. The average molecular weight is 245 g/mol. The number of nitrogens with two attached hydrogens (primary N) is 1. The number of amides is 1. The Bertz CT molecular complexity index is 547. The zero-order chi connectivity index (χ0) is 13.1. The van der Waals surface area contributed by atoms with Gasteiger partial charge in [0.25, 0.3) is 5.91 Å². The summed E-state index contributed by atoms with van der Waals surface area (Å²) in [5, 5.41) is 2.72. The molecule has 5 nitrogen and oxygen atoms in total. The molecule has 0 saturated carbocycles. The van der Waals surface area contributed by atoms with Crippen LogP contribution >= 0.6 is 0 Å². The highest BCUT2D eigenvalue weighted by atomic mass is 16.3. The second kappa shape index (κ2) is 4.83. The maximum absolute atomic E-state index is 11.7. The van der Waals surface area contributed by atoms with Gasteiger partial charge in [-0.3, -0.25) is 4.79 Å². The van der Waals surface area contributed by atoms with E-state index in [9.17, 15) is 4.79 Å². The van der Waals surface area contributed by atoms with Crippen LogP contribution in [0.5, 0.6) is 0 Å². The molecule has 1 aromatic heterocycles. The second-order valence-electron chi connectivity index (χ2n) is 4.10. The average Bonchev–Trinajstić information content (AvgIpc) is 2.81. The topological polar surface area (TPSA) is 71.5 Å². The number of furan rings is 1. The molecule has 0 fully saturated rings. The minimum absolute atomic E-state index is 0.269. The molecule has 1 heterocycles. The van der Waals surface area contributed by atoms with Crippen LogP contribution in [0.1, 0.15) is 10.6 Å². The summed E-state index contributed by atoms with van der Waals surface area (Å²) in [5.41, 5.74) is 8.06. The largest absolute Gasteiger partial charge is 0.459 e. The third-order valence-electron chi connectivity index (χ3n) is 2.51. The minimum Gasteiger partial charge on any atom is -0.459 e. The van der Waals surface area contributed by atoms with E-state index in [0.717, 1.165) is 5.69 Å². The molecular weight excluding hydrogens is 230 g/mol. The van der Waals surface area contributed by atoms with Crippen LogP contribution in [0.2, 0.25) is 0 Å². The Morgan fingerprint density at radius 1 is 1.33 bits per heavy atom. The fraction of sp³-hybridized carbons (Fsp3) is 0.154. The summed E-state index contributed by atoms with van der Waals surface area (Å²) < 4.78 is 5.01. The monoisotopic (exact) mass is 245 g/mol. The van der Waals surface area contributed by atoms with Crippen molar-refractivity contribution in [3.05, 3.63) is 42.4 Å². The molecule has 0 aliphatic rings. The second-order valence-corrected chi connectivity index (χ2v) is 4.10. The van der Waals surface area contributed by atoms with Gasteiger partial charge in [-0.1, -0.05) is 0 Å². The van der Waals surface area contributed by atoms with Crippen LogP contribution in [0.3, 0.4) is 0 Å². The summed E-state index contributed by atoms with van der Waals surface area (Å²) in [6.45, 7) is 0. The summed E-state index contributed by atoms with van der Waals surface area (Å²) in [6.07, 6.45) is 1.46. The molecule has 94 valence electrons. The Hall–Kier alpha value is -2.43. The van der Waals surface area contributed by atoms with Crippen molar-refractivity contribution in [3.63, 3.8) is 0 Å². The van der Waals surface area contributed by atoms with Gasteiger partial charge in [0.2, 0.25) is 0 Å². The van der Waals surface area contributed by atoms with Crippen LogP contribution in [0.15, 0.2) is 41.0 Å². The molecule has 3 N–H and O–H groups in total. The minimum atomic E-state index is -0.294. The summed E-state index contributed by atoms with van der Waals surface area (Å²) in [7, 11) is 3.82. The smallest absolute Gasteiger partial charge is 0.291 e. The fourth-order valence-electron chi connectivity index (χ4n) is 1.64. The standard InChI is InChI=1S/C13H15N3O2/c1-16(2)11-6-5-9(8-10(11)14)15-13(17)12-4-3-7-18-12/h3-8H,14H2,1-2H3,(H,15,17). The number of nitrogens with one attached hydrogen (secondary N) is 1. The molecule has 0 radical (unpaired) electrons. The molecule has 1 amide bonds. The Balaban J connectivity index is 2.16. The van der Waals surface area contributed by atoms with E-state index < -0.39 is 0 Å². The van der Waals surface area contributed by atoms with Crippen LogP contribution in [0, 0.1) is 0 Å². The van der Waals surface area contributed by atoms with Crippen LogP contribution in [-0.4, -0.2) is 20.0 Å². The van der Waals surface area contributed by atoms with Gasteiger partial charge in [-0.05, 0) is 30.3 Å². The van der Waals surface area contributed by atoms with Crippen LogP contribution in [0.25, 0.3) is 0 Å². The van der Waals surface area contributed by atoms with Crippen LogP contribution in [0.4, 0.5) is 17.1 Å². The molecule has 0 atom stereocenters. The quantitative estimate of drug-likeness (QED) is 0.813. The predicted molar refractivity (Wildman–Crippen MR) is 71.8 cm³/mol. The molecule has 0 unspecified atom stereocenters. The van der Waals surface area contributed by atoms with Crippen molar-refractivity contribution in [2.75, 3.05) is 30.0 Å². The van der Waals surface area contributed by atoms with E-state index >= 15 is 0 Å². The van der Waals surface area contributed by atoms with Crippen molar-refractivity contribution in [1.82, 2.24) is 0 Å². The first-order valence-electron chi connectivity index (χ1n) is 5.49. The van der Waals surface area contributed by atoms with Crippen molar-refractivity contribution >= 4 is 23.0 Å². The van der Waals surface area contributed by atoms with E-state index in [4.69, 9.17) is 10.2 Å².